The van der Waals surface area contributed by atoms with E-state index in [-0.39, 0.29) is 0 Å². The molecule has 0 amide bonds. The molecule has 0 heterocycles. The van der Waals surface area contributed by atoms with Crippen LogP contribution in [0.3, 0.4) is 0 Å². The smallest absolute Gasteiger partial charge is 0.0100 e. The molecule has 0 spiro atoms. The number of nitrogens with two attached hydrogens (primary N) is 1. The molecule has 0 saturated carbocycles. The van der Waals surface area contributed by atoms with Gasteiger partial charge in [-0.3, -0.25) is 0 Å². The van der Waals surface area contributed by atoms with Crippen LogP contribution in [-0.2, 0) is 6.42 Å². The molecule has 0 saturated heterocycles. The van der Waals surface area contributed by atoms with Crippen molar-refractivity contribution in [2.24, 2.45) is 5.73 Å². The Morgan fingerprint density at radius 1 is 1.17 bits per heavy atom. The Balaban J connectivity index is 0.000000354. The van der Waals surface area contributed by atoms with Gasteiger partial charge in [-0.2, -0.15) is 0 Å². The number of benzene rings is 1. The van der Waals surface area contributed by atoms with Gasteiger partial charge in [0.2, 0.25) is 0 Å². The highest BCUT2D eigenvalue weighted by Crippen LogP contribution is 1.98. The Morgan fingerprint density at radius 3 is 2.08 bits per heavy atom. The number of hydrogen-bond donors (Lipinski definition) is 1. The van der Waals surface area contributed by atoms with Crippen LogP contribution in [0.5, 0.6) is 0 Å². The fourth-order valence-electron chi connectivity index (χ4n) is 0.781. The van der Waals surface area contributed by atoms with Crippen molar-refractivity contribution in [3.05, 3.63) is 61.3 Å². The van der Waals surface area contributed by atoms with Gasteiger partial charge in [0, 0.05) is 0 Å². The molecule has 0 fully saturated rings. The van der Waals surface area contributed by atoms with E-state index in [1.165, 1.54) is 11.8 Å². The highest BCUT2D eigenvalue weighted by Gasteiger charge is 1.82. The van der Waals surface area contributed by atoms with Crippen molar-refractivity contribution in [3.8, 4) is 0 Å². The molecule has 1 rings (SSSR count). The second-order valence-corrected chi connectivity index (χ2v) is 2.21. The van der Waals surface area contributed by atoms with E-state index in [9.17, 15) is 0 Å². The van der Waals surface area contributed by atoms with Gasteiger partial charge in [-0.25, -0.2) is 0 Å². The third-order valence-electron chi connectivity index (χ3n) is 1.22. The van der Waals surface area contributed by atoms with E-state index in [4.69, 9.17) is 0 Å². The van der Waals surface area contributed by atoms with Gasteiger partial charge in [0.1, 0.15) is 0 Å². The van der Waals surface area contributed by atoms with E-state index in [1.807, 2.05) is 24.3 Å². The zero-order valence-electron chi connectivity index (χ0n) is 7.24. The maximum atomic E-state index is 4.61. The van der Waals surface area contributed by atoms with Crippen LogP contribution in [-0.4, -0.2) is 0 Å². The van der Waals surface area contributed by atoms with Gasteiger partial charge in [0.15, 0.2) is 0 Å². The quantitative estimate of drug-likeness (QED) is 0.663. The fraction of sp³-hybridized carbons (Fsp3) is 0.0909. The van der Waals surface area contributed by atoms with Crippen molar-refractivity contribution >= 4 is 0 Å². The maximum absolute atomic E-state index is 4.61. The lowest BCUT2D eigenvalue weighted by atomic mass is 10.2. The Kier molecular flexibility index (Phi) is 6.65. The van der Waals surface area contributed by atoms with E-state index < -0.39 is 0 Å². The molecule has 0 unspecified atom stereocenters. The molecule has 0 aliphatic carbocycles. The van der Waals surface area contributed by atoms with Crippen molar-refractivity contribution in [2.45, 2.75) is 6.42 Å². The van der Waals surface area contributed by atoms with Gasteiger partial charge in [-0.15, -0.1) is 6.58 Å². The van der Waals surface area contributed by atoms with Crippen molar-refractivity contribution in [2.75, 3.05) is 0 Å². The van der Waals surface area contributed by atoms with Crippen molar-refractivity contribution < 1.29 is 0 Å². The SMILES string of the molecule is C=CCc1ccccc1.C=CN. The standard InChI is InChI=1S/C9H10.C2H5N/c1-2-6-9-7-4-3-5-8-9;1-2-3/h2-5,7-8H,1,6H2;2H,1,3H2. The molecule has 1 aromatic carbocycles. The summed E-state index contributed by atoms with van der Waals surface area (Å²) in [4.78, 5) is 0. The molecule has 0 bridgehead atoms. The Hall–Kier alpha value is -1.50. The highest BCUT2D eigenvalue weighted by molar-refractivity contribution is 5.16. The predicted octanol–water partition coefficient (Wildman–Crippen LogP) is 2.50. The first-order valence-electron chi connectivity index (χ1n) is 3.82. The minimum Gasteiger partial charge on any atom is -0.405 e. The van der Waals surface area contributed by atoms with Crippen molar-refractivity contribution in [1.82, 2.24) is 0 Å². The van der Waals surface area contributed by atoms with Gasteiger partial charge in [0.05, 0.1) is 0 Å². The monoisotopic (exact) mass is 161 g/mol. The maximum Gasteiger partial charge on any atom is -0.0100 e. The third-order valence-corrected chi connectivity index (χ3v) is 1.22. The van der Waals surface area contributed by atoms with Crippen LogP contribution in [0.15, 0.2) is 55.8 Å². The summed E-state index contributed by atoms with van der Waals surface area (Å²) in [6, 6.07) is 10.3. The second-order valence-electron chi connectivity index (χ2n) is 2.21. The summed E-state index contributed by atoms with van der Waals surface area (Å²) >= 11 is 0. The minimum atomic E-state index is 0.973. The number of rotatable bonds is 2. The van der Waals surface area contributed by atoms with E-state index >= 15 is 0 Å². The zero-order valence-corrected chi connectivity index (χ0v) is 7.24. The Bertz CT molecular complexity index is 214. The first-order valence-corrected chi connectivity index (χ1v) is 3.82. The molecular weight excluding hydrogens is 146 g/mol. The summed E-state index contributed by atoms with van der Waals surface area (Å²) in [5.74, 6) is 0. The molecule has 1 aromatic rings. The summed E-state index contributed by atoms with van der Waals surface area (Å²) in [6.45, 7) is 6.79. The van der Waals surface area contributed by atoms with Crippen LogP contribution in [0.1, 0.15) is 5.56 Å². The van der Waals surface area contributed by atoms with Crippen molar-refractivity contribution in [1.29, 1.82) is 0 Å². The second kappa shape index (κ2) is 7.61. The molecule has 0 aromatic heterocycles. The number of hydrogen-bond acceptors (Lipinski definition) is 1. The van der Waals surface area contributed by atoms with Gasteiger partial charge >= 0.3 is 0 Å². The zero-order chi connectivity index (χ0) is 9.23. The average molecular weight is 161 g/mol. The van der Waals surface area contributed by atoms with Crippen LogP contribution in [0, 0.1) is 0 Å². The van der Waals surface area contributed by atoms with Gasteiger partial charge in [-0.05, 0) is 18.2 Å². The van der Waals surface area contributed by atoms with Crippen LogP contribution in [0.25, 0.3) is 0 Å². The molecule has 1 nitrogen and oxygen atoms in total. The van der Waals surface area contributed by atoms with Gasteiger partial charge in [-0.1, -0.05) is 43.0 Å². The van der Waals surface area contributed by atoms with Gasteiger partial charge < -0.3 is 5.73 Å². The summed E-state index contributed by atoms with van der Waals surface area (Å²) in [7, 11) is 0. The molecular formula is C11H15N. The molecule has 0 atom stereocenters. The normalized spacial score (nSPS) is 7.67. The first-order chi connectivity index (χ1) is 5.85. The van der Waals surface area contributed by atoms with Crippen LogP contribution in [0.4, 0.5) is 0 Å². The highest BCUT2D eigenvalue weighted by atomic mass is 14.5. The largest absolute Gasteiger partial charge is 0.405 e. The van der Waals surface area contributed by atoms with E-state index in [0.29, 0.717) is 0 Å². The van der Waals surface area contributed by atoms with Crippen LogP contribution >= 0.6 is 0 Å². The lowest BCUT2D eigenvalue weighted by Crippen LogP contribution is -1.75. The van der Waals surface area contributed by atoms with E-state index in [0.717, 1.165) is 6.42 Å². The first kappa shape index (κ1) is 10.5. The van der Waals surface area contributed by atoms with Crippen LogP contribution < -0.4 is 5.73 Å². The lowest BCUT2D eigenvalue weighted by molar-refractivity contribution is 1.28. The molecule has 1 heteroatoms. The molecule has 2 N–H and O–H groups in total. The van der Waals surface area contributed by atoms with Crippen LogP contribution in [0.2, 0.25) is 0 Å². The fourth-order valence-corrected chi connectivity index (χ4v) is 0.781. The molecule has 0 aliphatic rings. The Labute approximate surface area is 74.2 Å². The summed E-state index contributed by atoms with van der Waals surface area (Å²) in [6.07, 6.45) is 4.14. The van der Waals surface area contributed by atoms with E-state index in [2.05, 4.69) is 31.0 Å². The minimum absolute atomic E-state index is 0.973. The lowest BCUT2D eigenvalue weighted by Gasteiger charge is -1.91. The average Bonchev–Trinajstić information content (AvgIpc) is 2.08. The predicted molar refractivity (Wildman–Crippen MR) is 54.7 cm³/mol. The molecule has 64 valence electrons. The summed E-state index contributed by atoms with van der Waals surface area (Å²) < 4.78 is 0. The van der Waals surface area contributed by atoms with Gasteiger partial charge in [0.25, 0.3) is 0 Å². The van der Waals surface area contributed by atoms with Crippen molar-refractivity contribution in [3.63, 3.8) is 0 Å². The van der Waals surface area contributed by atoms with E-state index in [1.54, 1.807) is 0 Å². The topological polar surface area (TPSA) is 26.0 Å². The molecule has 0 radical (unpaired) electrons. The Morgan fingerprint density at radius 2 is 1.67 bits per heavy atom. The molecule has 12 heavy (non-hydrogen) atoms. The molecule has 0 aliphatic heterocycles. The third kappa shape index (κ3) is 5.30. The number of allylic oxidation sites excluding steroid dienone is 1. The summed E-state index contributed by atoms with van der Waals surface area (Å²) in [5, 5.41) is 0. The summed E-state index contributed by atoms with van der Waals surface area (Å²) in [5.41, 5.74) is 5.94.